The van der Waals surface area contributed by atoms with Crippen molar-refractivity contribution >= 4 is 11.5 Å². The Hall–Kier alpha value is -1.69. The van der Waals surface area contributed by atoms with E-state index >= 15 is 0 Å². The number of nitro groups is 1. The van der Waals surface area contributed by atoms with Gasteiger partial charge in [-0.25, -0.2) is 4.98 Å². The number of hydrogen-bond donors (Lipinski definition) is 1. The molecule has 1 aromatic heterocycles. The fourth-order valence-electron chi connectivity index (χ4n) is 2.46. The Bertz CT molecular complexity index is 444. The van der Waals surface area contributed by atoms with E-state index in [9.17, 15) is 10.1 Å². The van der Waals surface area contributed by atoms with Crippen LogP contribution in [0.5, 0.6) is 0 Å². The van der Waals surface area contributed by atoms with Gasteiger partial charge in [-0.1, -0.05) is 0 Å². The van der Waals surface area contributed by atoms with Crippen LogP contribution in [0, 0.1) is 17.0 Å². The maximum absolute atomic E-state index is 11.2. The highest BCUT2D eigenvalue weighted by Gasteiger charge is 2.29. The van der Waals surface area contributed by atoms with Gasteiger partial charge in [-0.2, -0.15) is 0 Å². The van der Waals surface area contributed by atoms with Gasteiger partial charge in [-0.15, -0.1) is 0 Å². The molecule has 18 heavy (non-hydrogen) atoms. The number of likely N-dealkylation sites (N-methyl/N-ethyl adjacent to an activating group) is 1. The first-order valence-corrected chi connectivity index (χ1v) is 6.22. The fraction of sp³-hybridized carbons (Fsp3) is 0.583. The van der Waals surface area contributed by atoms with Crippen molar-refractivity contribution < 1.29 is 4.92 Å². The molecule has 1 aliphatic heterocycles. The van der Waals surface area contributed by atoms with Crippen LogP contribution in [-0.4, -0.2) is 35.6 Å². The number of anilines is 1. The summed E-state index contributed by atoms with van der Waals surface area (Å²) < 4.78 is 0. The normalized spacial score (nSPS) is 18.9. The largest absolute Gasteiger partial charge is 0.347 e. The van der Waals surface area contributed by atoms with E-state index in [0.29, 0.717) is 17.4 Å². The molecule has 6 nitrogen and oxygen atoms in total. The van der Waals surface area contributed by atoms with Crippen LogP contribution in [0.4, 0.5) is 11.5 Å². The maximum atomic E-state index is 11.2. The zero-order chi connectivity index (χ0) is 13.1. The first-order chi connectivity index (χ1) is 8.65. The summed E-state index contributed by atoms with van der Waals surface area (Å²) in [6.45, 7) is 6.31. The van der Waals surface area contributed by atoms with E-state index in [0.717, 1.165) is 26.1 Å². The van der Waals surface area contributed by atoms with E-state index in [-0.39, 0.29) is 10.6 Å². The Kier molecular flexibility index (Phi) is 3.76. The van der Waals surface area contributed by atoms with Gasteiger partial charge in [0.25, 0.3) is 0 Å². The van der Waals surface area contributed by atoms with Gasteiger partial charge >= 0.3 is 5.69 Å². The molecule has 0 radical (unpaired) electrons. The molecule has 1 atom stereocenters. The third-order valence-corrected chi connectivity index (χ3v) is 3.38. The van der Waals surface area contributed by atoms with Crippen molar-refractivity contribution in [3.63, 3.8) is 0 Å². The van der Waals surface area contributed by atoms with Crippen molar-refractivity contribution in [2.45, 2.75) is 26.3 Å². The molecule has 1 aliphatic rings. The number of nitrogens with zero attached hydrogens (tertiary/aromatic N) is 3. The molecule has 98 valence electrons. The lowest BCUT2D eigenvalue weighted by Crippen LogP contribution is -2.37. The molecule has 0 aliphatic carbocycles. The number of aryl methyl sites for hydroxylation is 1. The molecule has 1 fully saturated rings. The van der Waals surface area contributed by atoms with Crippen LogP contribution in [0.3, 0.4) is 0 Å². The standard InChI is InChI=1S/C12H18N4O2/c1-3-15(10-5-6-13-8-10)12-11(16(17)18)9(2)4-7-14-12/h4,7,10,13H,3,5-6,8H2,1-2H3. The van der Waals surface area contributed by atoms with E-state index < -0.39 is 0 Å². The summed E-state index contributed by atoms with van der Waals surface area (Å²) in [5, 5.41) is 14.5. The molecule has 6 heteroatoms. The van der Waals surface area contributed by atoms with Gasteiger partial charge < -0.3 is 10.2 Å². The van der Waals surface area contributed by atoms with Crippen molar-refractivity contribution in [3.05, 3.63) is 27.9 Å². The third-order valence-electron chi connectivity index (χ3n) is 3.38. The highest BCUT2D eigenvalue weighted by atomic mass is 16.6. The SMILES string of the molecule is CCN(c1nccc(C)c1[N+](=O)[O-])C1CCNC1. The Morgan fingerprint density at radius 3 is 3.00 bits per heavy atom. The smallest absolute Gasteiger partial charge is 0.314 e. The highest BCUT2D eigenvalue weighted by molar-refractivity contribution is 5.62. The van der Waals surface area contributed by atoms with Gasteiger partial charge in [0.15, 0.2) is 0 Å². The maximum Gasteiger partial charge on any atom is 0.314 e. The van der Waals surface area contributed by atoms with E-state index in [1.165, 1.54) is 0 Å². The topological polar surface area (TPSA) is 71.3 Å². The summed E-state index contributed by atoms with van der Waals surface area (Å²) in [6, 6.07) is 1.98. The number of hydrogen-bond acceptors (Lipinski definition) is 5. The van der Waals surface area contributed by atoms with E-state index in [4.69, 9.17) is 0 Å². The molecule has 2 rings (SSSR count). The monoisotopic (exact) mass is 250 g/mol. The minimum absolute atomic E-state index is 0.131. The second-order valence-electron chi connectivity index (χ2n) is 4.49. The fourth-order valence-corrected chi connectivity index (χ4v) is 2.46. The summed E-state index contributed by atoms with van der Waals surface area (Å²) in [5.41, 5.74) is 0.792. The lowest BCUT2D eigenvalue weighted by molar-refractivity contribution is -0.384. The highest BCUT2D eigenvalue weighted by Crippen LogP contribution is 2.30. The summed E-state index contributed by atoms with van der Waals surface area (Å²) >= 11 is 0. The quantitative estimate of drug-likeness (QED) is 0.647. The van der Waals surface area contributed by atoms with Gasteiger partial charge in [0.1, 0.15) is 0 Å². The third kappa shape index (κ3) is 2.28. The zero-order valence-electron chi connectivity index (χ0n) is 10.7. The summed E-state index contributed by atoms with van der Waals surface area (Å²) in [6.07, 6.45) is 2.64. The molecule has 0 aromatic carbocycles. The number of aromatic nitrogens is 1. The molecular weight excluding hydrogens is 232 g/mol. The van der Waals surface area contributed by atoms with Crippen LogP contribution in [0.25, 0.3) is 0 Å². The van der Waals surface area contributed by atoms with Gasteiger partial charge in [-0.3, -0.25) is 10.1 Å². The molecule has 0 spiro atoms. The zero-order valence-corrected chi connectivity index (χ0v) is 10.7. The molecule has 0 amide bonds. The number of rotatable bonds is 4. The minimum atomic E-state index is -0.331. The second-order valence-corrected chi connectivity index (χ2v) is 4.49. The molecule has 1 saturated heterocycles. The van der Waals surface area contributed by atoms with Crippen molar-refractivity contribution in [3.8, 4) is 0 Å². The summed E-state index contributed by atoms with van der Waals surface area (Å²) in [7, 11) is 0. The average molecular weight is 250 g/mol. The molecule has 0 bridgehead atoms. The van der Waals surface area contributed by atoms with Crippen LogP contribution in [0.1, 0.15) is 18.9 Å². The van der Waals surface area contributed by atoms with Crippen molar-refractivity contribution in [1.29, 1.82) is 0 Å². The molecule has 1 N–H and O–H groups in total. The summed E-state index contributed by atoms with van der Waals surface area (Å²) in [5.74, 6) is 0.496. The molecule has 0 saturated carbocycles. The second kappa shape index (κ2) is 5.30. The van der Waals surface area contributed by atoms with Crippen LogP contribution in [0.15, 0.2) is 12.3 Å². The predicted octanol–water partition coefficient (Wildman–Crippen LogP) is 1.49. The van der Waals surface area contributed by atoms with Crippen molar-refractivity contribution in [2.24, 2.45) is 0 Å². The average Bonchev–Trinajstić information content (AvgIpc) is 2.83. The Morgan fingerprint density at radius 2 is 2.44 bits per heavy atom. The molecule has 2 heterocycles. The number of nitrogens with one attached hydrogen (secondary N) is 1. The predicted molar refractivity (Wildman–Crippen MR) is 69.9 cm³/mol. The van der Waals surface area contributed by atoms with E-state index in [2.05, 4.69) is 10.3 Å². The lowest BCUT2D eigenvalue weighted by atomic mass is 10.2. The van der Waals surface area contributed by atoms with Gasteiger partial charge in [0.05, 0.1) is 4.92 Å². The van der Waals surface area contributed by atoms with Crippen LogP contribution >= 0.6 is 0 Å². The lowest BCUT2D eigenvalue weighted by Gasteiger charge is -2.28. The van der Waals surface area contributed by atoms with E-state index in [1.807, 2.05) is 11.8 Å². The number of pyridine rings is 1. The first-order valence-electron chi connectivity index (χ1n) is 6.22. The van der Waals surface area contributed by atoms with Gasteiger partial charge in [0, 0.05) is 30.9 Å². The first kappa shape index (κ1) is 12.8. The van der Waals surface area contributed by atoms with E-state index in [1.54, 1.807) is 19.2 Å². The minimum Gasteiger partial charge on any atom is -0.347 e. The van der Waals surface area contributed by atoms with Crippen molar-refractivity contribution in [2.75, 3.05) is 24.5 Å². The Labute approximate surface area is 106 Å². The van der Waals surface area contributed by atoms with Crippen molar-refractivity contribution in [1.82, 2.24) is 10.3 Å². The van der Waals surface area contributed by atoms with Gasteiger partial charge in [0.2, 0.25) is 5.82 Å². The van der Waals surface area contributed by atoms with Crippen LogP contribution < -0.4 is 10.2 Å². The van der Waals surface area contributed by atoms with Crippen LogP contribution in [-0.2, 0) is 0 Å². The van der Waals surface area contributed by atoms with Crippen LogP contribution in [0.2, 0.25) is 0 Å². The van der Waals surface area contributed by atoms with Gasteiger partial charge in [-0.05, 0) is 32.9 Å². The molecule has 1 aromatic rings. The molecular formula is C12H18N4O2. The Morgan fingerprint density at radius 1 is 1.67 bits per heavy atom. The Balaban J connectivity index is 2.41. The summed E-state index contributed by atoms with van der Waals surface area (Å²) in [4.78, 5) is 17.1. The molecule has 1 unspecified atom stereocenters.